The van der Waals surface area contributed by atoms with Gasteiger partial charge in [-0.25, -0.2) is 9.97 Å². The van der Waals surface area contributed by atoms with Crippen LogP contribution in [0.2, 0.25) is 0 Å². The Labute approximate surface area is 163 Å². The summed E-state index contributed by atoms with van der Waals surface area (Å²) in [6.45, 7) is 2.10. The van der Waals surface area contributed by atoms with Gasteiger partial charge in [0.05, 0.1) is 16.7 Å². The predicted molar refractivity (Wildman–Crippen MR) is 116 cm³/mol. The Hall–Kier alpha value is -3.72. The topological polar surface area (TPSA) is 30.2 Å². The van der Waals surface area contributed by atoms with Gasteiger partial charge in [0, 0.05) is 11.8 Å². The highest BCUT2D eigenvalue weighted by Crippen LogP contribution is 2.24. The number of hydrogen-bond donors (Lipinski definition) is 0. The molecule has 0 aliphatic rings. The van der Waals surface area contributed by atoms with E-state index in [-0.39, 0.29) is 0 Å². The zero-order valence-corrected chi connectivity index (χ0v) is 15.6. The lowest BCUT2D eigenvalue weighted by Gasteiger charge is -2.06. The number of para-hydroxylation sites is 2. The van der Waals surface area contributed by atoms with E-state index in [4.69, 9.17) is 9.97 Å². The molecule has 5 rings (SSSR count). The second-order valence-corrected chi connectivity index (χ2v) is 6.92. The van der Waals surface area contributed by atoms with Crippen LogP contribution in [0.5, 0.6) is 0 Å². The van der Waals surface area contributed by atoms with E-state index in [9.17, 15) is 0 Å². The number of aryl methyl sites for hydroxylation is 1. The van der Waals surface area contributed by atoms with Gasteiger partial charge < -0.3 is 0 Å². The summed E-state index contributed by atoms with van der Waals surface area (Å²) in [6.07, 6.45) is 6.22. The van der Waals surface area contributed by atoms with Gasteiger partial charge in [0.1, 0.15) is 5.69 Å². The van der Waals surface area contributed by atoms with Crippen molar-refractivity contribution in [1.82, 2.24) is 14.4 Å². The minimum absolute atomic E-state index is 0.859. The van der Waals surface area contributed by atoms with Gasteiger partial charge in [0.25, 0.3) is 0 Å². The zero-order chi connectivity index (χ0) is 18.9. The van der Waals surface area contributed by atoms with Crippen LogP contribution in [-0.2, 0) is 0 Å². The van der Waals surface area contributed by atoms with E-state index in [2.05, 4.69) is 72.1 Å². The molecule has 134 valence electrons. The predicted octanol–water partition coefficient (Wildman–Crippen LogP) is 6.03. The summed E-state index contributed by atoms with van der Waals surface area (Å²) >= 11 is 0. The molecule has 0 spiro atoms. The molecule has 28 heavy (non-hydrogen) atoms. The molecule has 2 heterocycles. The van der Waals surface area contributed by atoms with Crippen molar-refractivity contribution in [2.75, 3.05) is 0 Å². The van der Waals surface area contributed by atoms with Crippen LogP contribution in [0.3, 0.4) is 0 Å². The second-order valence-electron chi connectivity index (χ2n) is 6.92. The molecule has 5 aromatic rings. The van der Waals surface area contributed by atoms with Gasteiger partial charge in [-0.2, -0.15) is 0 Å². The van der Waals surface area contributed by atoms with Crippen LogP contribution in [0.1, 0.15) is 16.8 Å². The molecule has 3 heteroatoms. The van der Waals surface area contributed by atoms with Gasteiger partial charge in [-0.3, -0.25) is 4.40 Å². The van der Waals surface area contributed by atoms with E-state index in [1.54, 1.807) is 0 Å². The maximum Gasteiger partial charge on any atom is 0.164 e. The molecule has 0 amide bonds. The minimum atomic E-state index is 0.859. The Bertz CT molecular complexity index is 1300. The van der Waals surface area contributed by atoms with Crippen LogP contribution in [0, 0.1) is 6.92 Å². The molecule has 3 aromatic carbocycles. The SMILES string of the molecule is Cc1ccc(/C=C\c2nc(-c3ccccc3)cn3c2nc2ccccc23)cc1. The number of benzene rings is 3. The fraction of sp³-hybridized carbons (Fsp3) is 0.0400. The van der Waals surface area contributed by atoms with Crippen molar-refractivity contribution in [2.45, 2.75) is 6.92 Å². The summed E-state index contributed by atoms with van der Waals surface area (Å²) in [6, 6.07) is 26.9. The van der Waals surface area contributed by atoms with E-state index in [1.807, 2.05) is 36.4 Å². The molecule has 0 aliphatic carbocycles. The van der Waals surface area contributed by atoms with Gasteiger partial charge >= 0.3 is 0 Å². The summed E-state index contributed by atoms with van der Waals surface area (Å²) in [5.41, 5.74) is 8.20. The van der Waals surface area contributed by atoms with E-state index in [0.29, 0.717) is 0 Å². The fourth-order valence-electron chi connectivity index (χ4n) is 3.40. The van der Waals surface area contributed by atoms with Gasteiger partial charge in [0.2, 0.25) is 0 Å². The number of hydrogen-bond acceptors (Lipinski definition) is 2. The summed E-state index contributed by atoms with van der Waals surface area (Å²) in [7, 11) is 0. The third-order valence-corrected chi connectivity index (χ3v) is 4.90. The van der Waals surface area contributed by atoms with Gasteiger partial charge in [-0.05, 0) is 30.7 Å². The average Bonchev–Trinajstić information content (AvgIpc) is 3.13. The molecule has 0 N–H and O–H groups in total. The Balaban J connectivity index is 1.72. The monoisotopic (exact) mass is 361 g/mol. The lowest BCUT2D eigenvalue weighted by molar-refractivity contribution is 1.14. The second kappa shape index (κ2) is 6.78. The van der Waals surface area contributed by atoms with Crippen LogP contribution in [0.4, 0.5) is 0 Å². The normalized spacial score (nSPS) is 11.6. The molecule has 0 saturated carbocycles. The van der Waals surface area contributed by atoms with Crippen LogP contribution in [-0.4, -0.2) is 14.4 Å². The van der Waals surface area contributed by atoms with Crippen LogP contribution in [0.25, 0.3) is 40.1 Å². The van der Waals surface area contributed by atoms with Crippen LogP contribution < -0.4 is 0 Å². The molecule has 0 atom stereocenters. The molecular formula is C25H19N3. The zero-order valence-electron chi connectivity index (χ0n) is 15.6. The van der Waals surface area contributed by atoms with E-state index in [1.165, 1.54) is 5.56 Å². The van der Waals surface area contributed by atoms with Crippen molar-refractivity contribution in [1.29, 1.82) is 0 Å². The standard InChI is InChI=1S/C25H19N3/c1-18-11-13-19(14-12-18)15-16-22-25-27-21-9-5-6-10-24(21)28(25)17-23(26-22)20-7-3-2-4-8-20/h2-17H,1H3/b16-15-. The molecule has 0 unspecified atom stereocenters. The highest BCUT2D eigenvalue weighted by atomic mass is 15.0. The summed E-state index contributed by atoms with van der Waals surface area (Å²) in [5, 5.41) is 0. The first-order valence-electron chi connectivity index (χ1n) is 9.36. The van der Waals surface area contributed by atoms with Crippen LogP contribution in [0.15, 0.2) is 85.1 Å². The van der Waals surface area contributed by atoms with E-state index >= 15 is 0 Å². The molecule has 0 bridgehead atoms. The molecule has 0 radical (unpaired) electrons. The van der Waals surface area contributed by atoms with Crippen molar-refractivity contribution >= 4 is 28.8 Å². The first-order chi connectivity index (χ1) is 13.8. The van der Waals surface area contributed by atoms with Crippen molar-refractivity contribution in [3.05, 3.63) is 102 Å². The molecule has 0 fully saturated rings. The lowest BCUT2D eigenvalue weighted by Crippen LogP contribution is -1.95. The van der Waals surface area contributed by atoms with E-state index in [0.717, 1.165) is 39.2 Å². The number of fused-ring (bicyclic) bond motifs is 3. The smallest absolute Gasteiger partial charge is 0.164 e. The first kappa shape index (κ1) is 16.5. The van der Waals surface area contributed by atoms with Crippen molar-refractivity contribution in [3.8, 4) is 11.3 Å². The summed E-state index contributed by atoms with van der Waals surface area (Å²) in [5.74, 6) is 0. The van der Waals surface area contributed by atoms with Crippen molar-refractivity contribution in [2.24, 2.45) is 0 Å². The van der Waals surface area contributed by atoms with Crippen molar-refractivity contribution in [3.63, 3.8) is 0 Å². The average molecular weight is 361 g/mol. The number of aromatic nitrogens is 3. The third-order valence-electron chi connectivity index (χ3n) is 4.90. The van der Waals surface area contributed by atoms with Gasteiger partial charge in [-0.15, -0.1) is 0 Å². The molecule has 0 saturated heterocycles. The van der Waals surface area contributed by atoms with Gasteiger partial charge in [0.15, 0.2) is 5.65 Å². The Morgan fingerprint density at radius 3 is 2.32 bits per heavy atom. The Kier molecular flexibility index (Phi) is 3.99. The number of rotatable bonds is 3. The Morgan fingerprint density at radius 1 is 0.750 bits per heavy atom. The maximum atomic E-state index is 4.93. The van der Waals surface area contributed by atoms with Crippen LogP contribution >= 0.6 is 0 Å². The maximum absolute atomic E-state index is 4.93. The molecular weight excluding hydrogens is 342 g/mol. The highest BCUT2D eigenvalue weighted by Gasteiger charge is 2.11. The fourth-order valence-corrected chi connectivity index (χ4v) is 3.40. The highest BCUT2D eigenvalue weighted by molar-refractivity contribution is 5.85. The lowest BCUT2D eigenvalue weighted by atomic mass is 10.1. The quantitative estimate of drug-likeness (QED) is 0.393. The van der Waals surface area contributed by atoms with E-state index < -0.39 is 0 Å². The minimum Gasteiger partial charge on any atom is -0.296 e. The Morgan fingerprint density at radius 2 is 1.50 bits per heavy atom. The molecule has 3 nitrogen and oxygen atoms in total. The summed E-state index contributed by atoms with van der Waals surface area (Å²) < 4.78 is 2.14. The number of nitrogens with zero attached hydrogens (tertiary/aromatic N) is 3. The molecule has 0 aliphatic heterocycles. The van der Waals surface area contributed by atoms with Crippen molar-refractivity contribution < 1.29 is 0 Å². The molecule has 2 aromatic heterocycles. The summed E-state index contributed by atoms with van der Waals surface area (Å²) in [4.78, 5) is 9.75. The third kappa shape index (κ3) is 2.97. The number of imidazole rings is 1. The van der Waals surface area contributed by atoms with Gasteiger partial charge in [-0.1, -0.05) is 78.4 Å². The first-order valence-corrected chi connectivity index (χ1v) is 9.36. The largest absolute Gasteiger partial charge is 0.296 e.